The van der Waals surface area contributed by atoms with Gasteiger partial charge in [0, 0.05) is 0 Å². The Hall–Kier alpha value is -2.70. The molecule has 2 aliphatic rings. The highest BCUT2D eigenvalue weighted by atomic mass is 19.1. The summed E-state index contributed by atoms with van der Waals surface area (Å²) in [5.74, 6) is -1.56. The van der Waals surface area contributed by atoms with Crippen molar-refractivity contribution in [2.45, 2.75) is 32.6 Å². The number of aromatic nitrogens is 3. The Morgan fingerprint density at radius 2 is 1.88 bits per heavy atom. The summed E-state index contributed by atoms with van der Waals surface area (Å²) in [6.45, 7) is 2.14. The summed E-state index contributed by atoms with van der Waals surface area (Å²) >= 11 is 0. The number of nitrogens with one attached hydrogen (secondary N) is 1. The molecule has 4 rings (SSSR count). The molecular weight excluding hydrogens is 338 g/mol. The van der Waals surface area contributed by atoms with Crippen LogP contribution in [0.25, 0.3) is 5.57 Å². The first-order valence-electron chi connectivity index (χ1n) is 8.67. The third kappa shape index (κ3) is 2.87. The van der Waals surface area contributed by atoms with Crippen molar-refractivity contribution in [2.75, 3.05) is 5.32 Å². The van der Waals surface area contributed by atoms with Gasteiger partial charge in [-0.3, -0.25) is 14.8 Å². The number of anilines is 1. The molecule has 0 aliphatic heterocycles. The number of fused-ring (bicyclic) bond motifs is 1. The molecule has 2 unspecified atom stereocenters. The first kappa shape index (κ1) is 16.8. The summed E-state index contributed by atoms with van der Waals surface area (Å²) in [6.07, 6.45) is 9.42. The number of nitrogens with zero attached hydrogens (tertiary/aromatic N) is 3. The topological polar surface area (TPSA) is 67.8 Å². The molecule has 134 valence electrons. The lowest BCUT2D eigenvalue weighted by molar-refractivity contribution is 0.101. The average molecular weight is 356 g/mol. The van der Waals surface area contributed by atoms with E-state index in [1.54, 1.807) is 6.20 Å². The van der Waals surface area contributed by atoms with Crippen molar-refractivity contribution < 1.29 is 13.6 Å². The molecule has 1 amide bonds. The fourth-order valence-corrected chi connectivity index (χ4v) is 4.23. The number of allylic oxidation sites excluding steroid dienone is 2. The number of halogens is 2. The molecule has 0 saturated heterocycles. The molecule has 1 saturated carbocycles. The van der Waals surface area contributed by atoms with Crippen LogP contribution in [0.2, 0.25) is 0 Å². The van der Waals surface area contributed by atoms with E-state index in [0.29, 0.717) is 11.8 Å². The highest BCUT2D eigenvalue weighted by Gasteiger charge is 2.37. The summed E-state index contributed by atoms with van der Waals surface area (Å²) in [5, 5.41) is 2.38. The fraction of sp³-hybridized carbons (Fsp3) is 0.368. The van der Waals surface area contributed by atoms with Gasteiger partial charge in [-0.15, -0.1) is 0 Å². The van der Waals surface area contributed by atoms with Crippen LogP contribution in [0.5, 0.6) is 0 Å². The highest BCUT2D eigenvalue weighted by molar-refractivity contribution is 6.04. The van der Waals surface area contributed by atoms with Gasteiger partial charge in [0.15, 0.2) is 17.5 Å². The standard InChI is InChI=1S/C19H18F2N4O/c1-10-5-11-3-2-4-12(11)17(10)15-8-24-16(9-23-15)25-19(26)18-13(20)6-22-7-14(18)21/h6-9,11-12H,2-5H2,1H3,(H,24,25,26). The van der Waals surface area contributed by atoms with Crippen LogP contribution in [0, 0.1) is 23.5 Å². The van der Waals surface area contributed by atoms with Crippen LogP contribution < -0.4 is 5.32 Å². The average Bonchev–Trinajstić information content (AvgIpc) is 3.15. The Balaban J connectivity index is 1.54. The number of hydrogen-bond acceptors (Lipinski definition) is 4. The first-order chi connectivity index (χ1) is 12.5. The van der Waals surface area contributed by atoms with E-state index in [1.807, 2.05) is 0 Å². The maximum atomic E-state index is 13.6. The fourth-order valence-electron chi connectivity index (χ4n) is 4.23. The third-order valence-corrected chi connectivity index (χ3v) is 5.31. The zero-order chi connectivity index (χ0) is 18.3. The van der Waals surface area contributed by atoms with Crippen molar-refractivity contribution in [1.82, 2.24) is 15.0 Å². The molecule has 5 nitrogen and oxygen atoms in total. The van der Waals surface area contributed by atoms with Gasteiger partial charge >= 0.3 is 0 Å². The first-order valence-corrected chi connectivity index (χ1v) is 8.67. The van der Waals surface area contributed by atoms with Gasteiger partial charge in [-0.1, -0.05) is 12.0 Å². The SMILES string of the molecule is CC1=C(c2cnc(NC(=O)c3c(F)cncc3F)cn2)C2CCCC2C1. The lowest BCUT2D eigenvalue weighted by Crippen LogP contribution is -2.17. The zero-order valence-corrected chi connectivity index (χ0v) is 14.3. The third-order valence-electron chi connectivity index (χ3n) is 5.31. The number of pyridine rings is 1. The van der Waals surface area contributed by atoms with Gasteiger partial charge in [0.25, 0.3) is 5.91 Å². The van der Waals surface area contributed by atoms with Crippen LogP contribution in [-0.2, 0) is 0 Å². The Labute approximate surface area is 149 Å². The second-order valence-electron chi connectivity index (χ2n) is 6.91. The molecule has 2 aromatic heterocycles. The quantitative estimate of drug-likeness (QED) is 0.903. The summed E-state index contributed by atoms with van der Waals surface area (Å²) in [6, 6.07) is 0. The number of carbonyl (C=O) groups is 1. The molecule has 1 N–H and O–H groups in total. The van der Waals surface area contributed by atoms with Gasteiger partial charge in [0.2, 0.25) is 0 Å². The predicted octanol–water partition coefficient (Wildman–Crippen LogP) is 4.00. The van der Waals surface area contributed by atoms with Crippen molar-refractivity contribution in [3.8, 4) is 0 Å². The zero-order valence-electron chi connectivity index (χ0n) is 14.3. The van der Waals surface area contributed by atoms with E-state index >= 15 is 0 Å². The van der Waals surface area contributed by atoms with Crippen LogP contribution in [0.4, 0.5) is 14.6 Å². The molecule has 7 heteroatoms. The van der Waals surface area contributed by atoms with E-state index in [2.05, 4.69) is 27.2 Å². The van der Waals surface area contributed by atoms with E-state index in [-0.39, 0.29) is 5.82 Å². The molecule has 0 radical (unpaired) electrons. The van der Waals surface area contributed by atoms with Crippen LogP contribution in [0.15, 0.2) is 30.4 Å². The number of rotatable bonds is 3. The summed E-state index contributed by atoms with van der Waals surface area (Å²) in [7, 11) is 0. The minimum absolute atomic E-state index is 0.147. The largest absolute Gasteiger partial charge is 0.305 e. The second kappa shape index (κ2) is 6.55. The summed E-state index contributed by atoms with van der Waals surface area (Å²) in [5.41, 5.74) is 2.75. The van der Waals surface area contributed by atoms with Gasteiger partial charge in [-0.2, -0.15) is 0 Å². The normalized spacial score (nSPS) is 21.8. The van der Waals surface area contributed by atoms with Gasteiger partial charge in [0.05, 0.1) is 30.5 Å². The molecule has 2 aromatic rings. The lowest BCUT2D eigenvalue weighted by Gasteiger charge is -2.14. The lowest BCUT2D eigenvalue weighted by atomic mass is 9.93. The molecule has 2 aliphatic carbocycles. The molecule has 2 heterocycles. The van der Waals surface area contributed by atoms with E-state index in [1.165, 1.54) is 36.6 Å². The van der Waals surface area contributed by atoms with Gasteiger partial charge in [-0.05, 0) is 43.6 Å². The minimum Gasteiger partial charge on any atom is -0.305 e. The van der Waals surface area contributed by atoms with Crippen molar-refractivity contribution in [1.29, 1.82) is 0 Å². The number of amides is 1. The van der Waals surface area contributed by atoms with Crippen molar-refractivity contribution in [2.24, 2.45) is 11.8 Å². The Bertz CT molecular complexity index is 875. The van der Waals surface area contributed by atoms with Crippen LogP contribution in [0.1, 0.15) is 48.7 Å². The van der Waals surface area contributed by atoms with E-state index in [4.69, 9.17) is 0 Å². The van der Waals surface area contributed by atoms with Crippen molar-refractivity contribution >= 4 is 17.3 Å². The highest BCUT2D eigenvalue weighted by Crippen LogP contribution is 2.50. The molecule has 0 aromatic carbocycles. The molecule has 1 fully saturated rings. The Morgan fingerprint density at radius 3 is 2.58 bits per heavy atom. The molecular formula is C19H18F2N4O. The van der Waals surface area contributed by atoms with E-state index in [0.717, 1.165) is 24.5 Å². The van der Waals surface area contributed by atoms with Crippen LogP contribution in [-0.4, -0.2) is 20.9 Å². The molecule has 0 bridgehead atoms. The minimum atomic E-state index is -1.02. The van der Waals surface area contributed by atoms with Crippen molar-refractivity contribution in [3.63, 3.8) is 0 Å². The van der Waals surface area contributed by atoms with Gasteiger partial charge < -0.3 is 5.32 Å². The van der Waals surface area contributed by atoms with Crippen LogP contribution >= 0.6 is 0 Å². The summed E-state index contributed by atoms with van der Waals surface area (Å²) in [4.78, 5) is 24.1. The number of carbonyl (C=O) groups excluding carboxylic acids is 1. The smallest absolute Gasteiger partial charge is 0.262 e. The van der Waals surface area contributed by atoms with E-state index in [9.17, 15) is 13.6 Å². The molecule has 26 heavy (non-hydrogen) atoms. The Kier molecular flexibility index (Phi) is 4.22. The number of hydrogen-bond donors (Lipinski definition) is 1. The monoisotopic (exact) mass is 356 g/mol. The van der Waals surface area contributed by atoms with Crippen molar-refractivity contribution in [3.05, 3.63) is 53.3 Å². The maximum Gasteiger partial charge on any atom is 0.262 e. The van der Waals surface area contributed by atoms with E-state index < -0.39 is 23.1 Å². The maximum absolute atomic E-state index is 13.6. The summed E-state index contributed by atoms with van der Waals surface area (Å²) < 4.78 is 27.3. The van der Waals surface area contributed by atoms with Gasteiger partial charge in [-0.25, -0.2) is 13.8 Å². The second-order valence-corrected chi connectivity index (χ2v) is 6.91. The predicted molar refractivity (Wildman–Crippen MR) is 92.2 cm³/mol. The van der Waals surface area contributed by atoms with Crippen LogP contribution in [0.3, 0.4) is 0 Å². The molecule has 0 spiro atoms. The Morgan fingerprint density at radius 1 is 1.12 bits per heavy atom. The molecule has 2 atom stereocenters. The van der Waals surface area contributed by atoms with Gasteiger partial charge in [0.1, 0.15) is 5.56 Å².